The number of hydrogen-bond donors (Lipinski definition) is 2. The van der Waals surface area contributed by atoms with E-state index in [0.717, 1.165) is 12.8 Å². The van der Waals surface area contributed by atoms with Crippen molar-refractivity contribution in [1.82, 2.24) is 15.5 Å². The van der Waals surface area contributed by atoms with Crippen molar-refractivity contribution in [3.8, 4) is 0 Å². The first kappa shape index (κ1) is 21.0. The zero-order chi connectivity index (χ0) is 21.0. The molecule has 2 amide bonds. The SMILES string of the molecule is CNC(=O)c1cc([N+](=O)[O-])ccc1N1CCN(C(C)C(=O)NC2CCCC2)CC1. The number of non-ortho nitro benzene ring substituents is 1. The Hall–Kier alpha value is -2.68. The summed E-state index contributed by atoms with van der Waals surface area (Å²) in [5.41, 5.74) is 0.864. The number of carbonyl (C=O) groups excluding carboxylic acids is 2. The maximum absolute atomic E-state index is 12.6. The van der Waals surface area contributed by atoms with Crippen LogP contribution in [0.15, 0.2) is 18.2 Å². The van der Waals surface area contributed by atoms with Gasteiger partial charge in [0.05, 0.1) is 22.2 Å². The third kappa shape index (κ3) is 4.84. The van der Waals surface area contributed by atoms with Crippen molar-refractivity contribution in [3.05, 3.63) is 33.9 Å². The predicted octanol–water partition coefficient (Wildman–Crippen LogP) is 1.52. The molecule has 1 heterocycles. The Labute approximate surface area is 170 Å². The number of amides is 2. The van der Waals surface area contributed by atoms with Gasteiger partial charge in [-0.05, 0) is 25.8 Å². The van der Waals surface area contributed by atoms with Gasteiger partial charge in [-0.1, -0.05) is 12.8 Å². The van der Waals surface area contributed by atoms with Crippen LogP contribution in [0.5, 0.6) is 0 Å². The van der Waals surface area contributed by atoms with Crippen molar-refractivity contribution >= 4 is 23.2 Å². The Morgan fingerprint density at radius 2 is 1.83 bits per heavy atom. The van der Waals surface area contributed by atoms with Gasteiger partial charge in [-0.15, -0.1) is 0 Å². The smallest absolute Gasteiger partial charge is 0.270 e. The average Bonchev–Trinajstić information content (AvgIpc) is 3.25. The number of anilines is 1. The molecule has 2 N–H and O–H groups in total. The summed E-state index contributed by atoms with van der Waals surface area (Å²) in [5, 5.41) is 16.8. The molecule has 1 saturated carbocycles. The van der Waals surface area contributed by atoms with Crippen LogP contribution in [0.1, 0.15) is 43.0 Å². The highest BCUT2D eigenvalue weighted by atomic mass is 16.6. The van der Waals surface area contributed by atoms with Gasteiger partial charge >= 0.3 is 0 Å². The van der Waals surface area contributed by atoms with Crippen molar-refractivity contribution in [3.63, 3.8) is 0 Å². The van der Waals surface area contributed by atoms with Gasteiger partial charge in [0.2, 0.25) is 5.91 Å². The van der Waals surface area contributed by atoms with Crippen LogP contribution in [0.4, 0.5) is 11.4 Å². The molecule has 158 valence electrons. The minimum Gasteiger partial charge on any atom is -0.368 e. The van der Waals surface area contributed by atoms with Crippen LogP contribution in [0, 0.1) is 10.1 Å². The number of benzene rings is 1. The first-order chi connectivity index (χ1) is 13.9. The van der Waals surface area contributed by atoms with Crippen LogP contribution in [-0.2, 0) is 4.79 Å². The van der Waals surface area contributed by atoms with Crippen LogP contribution in [-0.4, -0.2) is 66.9 Å². The monoisotopic (exact) mass is 403 g/mol. The molecule has 1 aliphatic carbocycles. The molecular weight excluding hydrogens is 374 g/mol. The quantitative estimate of drug-likeness (QED) is 0.551. The molecular formula is C20H29N5O4. The zero-order valence-corrected chi connectivity index (χ0v) is 17.0. The molecule has 1 saturated heterocycles. The van der Waals surface area contributed by atoms with Crippen LogP contribution in [0.2, 0.25) is 0 Å². The highest BCUT2D eigenvalue weighted by Gasteiger charge is 2.29. The number of nitrogens with zero attached hydrogens (tertiary/aromatic N) is 3. The van der Waals surface area contributed by atoms with Crippen LogP contribution < -0.4 is 15.5 Å². The molecule has 2 fully saturated rings. The van der Waals surface area contributed by atoms with Crippen molar-refractivity contribution in [2.45, 2.75) is 44.7 Å². The minimum atomic E-state index is -0.501. The number of rotatable bonds is 6. The summed E-state index contributed by atoms with van der Waals surface area (Å²) in [6.07, 6.45) is 4.49. The van der Waals surface area contributed by atoms with Gasteiger partial charge in [0.15, 0.2) is 0 Å². The van der Waals surface area contributed by atoms with E-state index in [9.17, 15) is 19.7 Å². The van der Waals surface area contributed by atoms with Crippen molar-refractivity contribution in [1.29, 1.82) is 0 Å². The highest BCUT2D eigenvalue weighted by molar-refractivity contribution is 6.00. The molecule has 1 atom stereocenters. The Bertz CT molecular complexity index is 770. The lowest BCUT2D eigenvalue weighted by atomic mass is 10.1. The molecule has 9 nitrogen and oxygen atoms in total. The summed E-state index contributed by atoms with van der Waals surface area (Å²) in [4.78, 5) is 39.6. The number of nitro benzene ring substituents is 1. The van der Waals surface area contributed by atoms with Crippen molar-refractivity contribution < 1.29 is 14.5 Å². The van der Waals surface area contributed by atoms with Gasteiger partial charge < -0.3 is 15.5 Å². The maximum atomic E-state index is 12.6. The lowest BCUT2D eigenvalue weighted by Crippen LogP contribution is -2.55. The molecule has 1 aromatic carbocycles. The lowest BCUT2D eigenvalue weighted by Gasteiger charge is -2.39. The van der Waals surface area contributed by atoms with Gasteiger partial charge in [0.1, 0.15) is 0 Å². The van der Waals surface area contributed by atoms with Crippen LogP contribution in [0.3, 0.4) is 0 Å². The summed E-state index contributed by atoms with van der Waals surface area (Å²) < 4.78 is 0. The fraction of sp³-hybridized carbons (Fsp3) is 0.600. The van der Waals surface area contributed by atoms with E-state index < -0.39 is 4.92 Å². The normalized spacial score (nSPS) is 19.0. The van der Waals surface area contributed by atoms with Crippen molar-refractivity contribution in [2.75, 3.05) is 38.1 Å². The van der Waals surface area contributed by atoms with E-state index >= 15 is 0 Å². The molecule has 0 aromatic heterocycles. The number of nitro groups is 1. The zero-order valence-electron chi connectivity index (χ0n) is 17.0. The molecule has 29 heavy (non-hydrogen) atoms. The molecule has 1 aliphatic heterocycles. The standard InChI is InChI=1S/C20H29N5O4/c1-14(19(26)22-15-5-3-4-6-15)23-9-11-24(12-10-23)18-8-7-16(25(28)29)13-17(18)20(27)21-2/h7-8,13-15H,3-6,9-12H2,1-2H3,(H,21,27)(H,22,26). The lowest BCUT2D eigenvalue weighted by molar-refractivity contribution is -0.384. The summed E-state index contributed by atoms with van der Waals surface area (Å²) in [7, 11) is 1.51. The van der Waals surface area contributed by atoms with E-state index in [4.69, 9.17) is 0 Å². The van der Waals surface area contributed by atoms with Gasteiger partial charge in [-0.3, -0.25) is 24.6 Å². The summed E-state index contributed by atoms with van der Waals surface area (Å²) in [6.45, 7) is 4.58. The summed E-state index contributed by atoms with van der Waals surface area (Å²) >= 11 is 0. The Morgan fingerprint density at radius 3 is 2.41 bits per heavy atom. The van der Waals surface area contributed by atoms with Crippen LogP contribution in [0.25, 0.3) is 0 Å². The van der Waals surface area contributed by atoms with E-state index in [1.165, 1.54) is 32.0 Å². The second-order valence-corrected chi connectivity index (χ2v) is 7.73. The Kier molecular flexibility index (Phi) is 6.68. The molecule has 3 rings (SSSR count). The fourth-order valence-corrected chi connectivity index (χ4v) is 4.14. The van der Waals surface area contributed by atoms with E-state index in [-0.39, 0.29) is 23.5 Å². The molecule has 9 heteroatoms. The molecule has 0 spiro atoms. The molecule has 0 radical (unpaired) electrons. The number of nitrogens with one attached hydrogen (secondary N) is 2. The second-order valence-electron chi connectivity index (χ2n) is 7.73. The van der Waals surface area contributed by atoms with E-state index in [2.05, 4.69) is 15.5 Å². The summed E-state index contributed by atoms with van der Waals surface area (Å²) in [6, 6.07) is 4.48. The molecule has 2 aliphatic rings. The van der Waals surface area contributed by atoms with Gasteiger partial charge in [-0.25, -0.2) is 0 Å². The van der Waals surface area contributed by atoms with Gasteiger partial charge in [-0.2, -0.15) is 0 Å². The third-order valence-electron chi connectivity index (χ3n) is 5.95. The fourth-order valence-electron chi connectivity index (χ4n) is 4.14. The topological polar surface area (TPSA) is 108 Å². The molecule has 0 bridgehead atoms. The van der Waals surface area contributed by atoms with Gasteiger partial charge in [0, 0.05) is 51.4 Å². The largest absolute Gasteiger partial charge is 0.368 e. The van der Waals surface area contributed by atoms with E-state index in [0.29, 0.717) is 43.5 Å². The first-order valence-corrected chi connectivity index (χ1v) is 10.2. The number of hydrogen-bond acceptors (Lipinski definition) is 6. The van der Waals surface area contributed by atoms with Crippen LogP contribution >= 0.6 is 0 Å². The minimum absolute atomic E-state index is 0.0757. The van der Waals surface area contributed by atoms with Gasteiger partial charge in [0.25, 0.3) is 11.6 Å². The third-order valence-corrected chi connectivity index (χ3v) is 5.95. The first-order valence-electron chi connectivity index (χ1n) is 10.2. The number of piperazine rings is 1. The molecule has 1 unspecified atom stereocenters. The highest BCUT2D eigenvalue weighted by Crippen LogP contribution is 2.27. The van der Waals surface area contributed by atoms with E-state index in [1.54, 1.807) is 6.07 Å². The summed E-state index contributed by atoms with van der Waals surface area (Å²) in [5.74, 6) is -0.276. The average molecular weight is 403 g/mol. The maximum Gasteiger partial charge on any atom is 0.270 e. The van der Waals surface area contributed by atoms with E-state index in [1.807, 2.05) is 11.8 Å². The number of carbonyl (C=O) groups is 2. The molecule has 1 aromatic rings. The Morgan fingerprint density at radius 1 is 1.17 bits per heavy atom. The second kappa shape index (κ2) is 9.21. The predicted molar refractivity (Wildman–Crippen MR) is 110 cm³/mol. The van der Waals surface area contributed by atoms with Crippen molar-refractivity contribution in [2.24, 2.45) is 0 Å². The Balaban J connectivity index is 1.64.